The van der Waals surface area contributed by atoms with Gasteiger partial charge >= 0.3 is 0 Å². The Bertz CT molecular complexity index is 774. The van der Waals surface area contributed by atoms with E-state index < -0.39 is 0 Å². The van der Waals surface area contributed by atoms with Crippen LogP contribution in [-0.2, 0) is 19.4 Å². The van der Waals surface area contributed by atoms with Gasteiger partial charge in [-0.1, -0.05) is 44.2 Å². The van der Waals surface area contributed by atoms with Gasteiger partial charge in [0.15, 0.2) is 5.82 Å². The van der Waals surface area contributed by atoms with E-state index in [2.05, 4.69) is 54.3 Å². The first kappa shape index (κ1) is 13.8. The highest BCUT2D eigenvalue weighted by molar-refractivity contribution is 5.92. The lowest BCUT2D eigenvalue weighted by Gasteiger charge is -2.11. The third kappa shape index (κ3) is 2.32. The van der Waals surface area contributed by atoms with Crippen LogP contribution in [0.2, 0.25) is 0 Å². The van der Waals surface area contributed by atoms with Gasteiger partial charge in [-0.05, 0) is 17.0 Å². The number of nitrogens with two attached hydrogens (primary N) is 1. The average Bonchev–Trinajstić information content (AvgIpc) is 2.97. The lowest BCUT2D eigenvalue weighted by atomic mass is 10.0. The molecule has 0 spiro atoms. The molecule has 0 atom stereocenters. The summed E-state index contributed by atoms with van der Waals surface area (Å²) in [6, 6.07) is 12.5. The molecule has 3 aromatic rings. The summed E-state index contributed by atoms with van der Waals surface area (Å²) in [5, 5.41) is 7.01. The third-order valence-electron chi connectivity index (χ3n) is 3.79. The first-order chi connectivity index (χ1) is 10.3. The number of fused-ring (bicyclic) bond motifs is 1. The first-order valence-corrected chi connectivity index (χ1v) is 7.44. The van der Waals surface area contributed by atoms with Crippen molar-refractivity contribution in [1.29, 1.82) is 0 Å². The van der Waals surface area contributed by atoms with Crippen LogP contribution in [0.5, 0.6) is 0 Å². The molecule has 4 heteroatoms. The van der Waals surface area contributed by atoms with Crippen LogP contribution in [-0.4, -0.2) is 14.8 Å². The van der Waals surface area contributed by atoms with Gasteiger partial charge in [-0.3, -0.25) is 0 Å². The minimum atomic E-state index is 0.541. The van der Waals surface area contributed by atoms with Crippen molar-refractivity contribution in [3.8, 4) is 5.69 Å². The fourth-order valence-electron chi connectivity index (χ4n) is 2.67. The molecular weight excluding hydrogens is 260 g/mol. The maximum absolute atomic E-state index is 5.85. The Balaban J connectivity index is 2.28. The highest BCUT2D eigenvalue weighted by atomic mass is 15.3. The molecule has 108 valence electrons. The number of hydrogen-bond donors (Lipinski definition) is 1. The van der Waals surface area contributed by atoms with Crippen molar-refractivity contribution in [1.82, 2.24) is 14.8 Å². The van der Waals surface area contributed by atoms with Crippen molar-refractivity contribution in [2.45, 2.75) is 33.2 Å². The number of hydrogen-bond acceptors (Lipinski definition) is 3. The van der Waals surface area contributed by atoms with Crippen LogP contribution in [0.3, 0.4) is 0 Å². The summed E-state index contributed by atoms with van der Waals surface area (Å²) in [7, 11) is 0. The number of aryl methyl sites for hydroxylation is 2. The lowest BCUT2D eigenvalue weighted by molar-refractivity contribution is 0.795. The van der Waals surface area contributed by atoms with Crippen LogP contribution in [0.25, 0.3) is 16.5 Å². The SMILES string of the molecule is CCc1nc(CC)n(-c2ccc(CN)c3ccccc23)n1. The van der Waals surface area contributed by atoms with Crippen LogP contribution < -0.4 is 5.73 Å². The Morgan fingerprint density at radius 2 is 1.76 bits per heavy atom. The van der Waals surface area contributed by atoms with Gasteiger partial charge in [0.25, 0.3) is 0 Å². The molecule has 1 aromatic heterocycles. The highest BCUT2D eigenvalue weighted by Gasteiger charge is 2.12. The standard InChI is InChI=1S/C17H20N4/c1-3-16-19-17(4-2)21(20-16)15-10-9-12(11-18)13-7-5-6-8-14(13)15/h5-10H,3-4,11,18H2,1-2H3. The summed E-state index contributed by atoms with van der Waals surface area (Å²) >= 11 is 0. The van der Waals surface area contributed by atoms with Crippen molar-refractivity contribution in [3.63, 3.8) is 0 Å². The average molecular weight is 280 g/mol. The summed E-state index contributed by atoms with van der Waals surface area (Å²) in [5.74, 6) is 1.89. The second kappa shape index (κ2) is 5.66. The fourth-order valence-corrected chi connectivity index (χ4v) is 2.67. The molecule has 0 unspecified atom stereocenters. The Hall–Kier alpha value is -2.20. The summed E-state index contributed by atoms with van der Waals surface area (Å²) in [6.07, 6.45) is 1.71. The molecule has 0 aliphatic heterocycles. The van der Waals surface area contributed by atoms with Crippen molar-refractivity contribution >= 4 is 10.8 Å². The topological polar surface area (TPSA) is 56.7 Å². The van der Waals surface area contributed by atoms with Gasteiger partial charge < -0.3 is 5.73 Å². The van der Waals surface area contributed by atoms with E-state index in [1.54, 1.807) is 0 Å². The summed E-state index contributed by atoms with van der Waals surface area (Å²) in [5.41, 5.74) is 8.08. The predicted molar refractivity (Wildman–Crippen MR) is 85.5 cm³/mol. The van der Waals surface area contributed by atoms with Crippen molar-refractivity contribution in [2.24, 2.45) is 5.73 Å². The normalized spacial score (nSPS) is 11.2. The number of rotatable bonds is 4. The third-order valence-corrected chi connectivity index (χ3v) is 3.79. The van der Waals surface area contributed by atoms with Gasteiger partial charge in [0.05, 0.1) is 5.69 Å². The van der Waals surface area contributed by atoms with Crippen LogP contribution in [0.4, 0.5) is 0 Å². The summed E-state index contributed by atoms with van der Waals surface area (Å²) < 4.78 is 1.97. The van der Waals surface area contributed by atoms with Crippen LogP contribution in [0.15, 0.2) is 36.4 Å². The summed E-state index contributed by atoms with van der Waals surface area (Å²) in [4.78, 5) is 4.60. The molecule has 21 heavy (non-hydrogen) atoms. The minimum Gasteiger partial charge on any atom is -0.326 e. The molecule has 0 aliphatic carbocycles. The fraction of sp³-hybridized carbons (Fsp3) is 0.294. The zero-order valence-corrected chi connectivity index (χ0v) is 12.5. The summed E-state index contributed by atoms with van der Waals surface area (Å²) in [6.45, 7) is 4.73. The van der Waals surface area contributed by atoms with Crippen LogP contribution >= 0.6 is 0 Å². The van der Waals surface area contributed by atoms with Gasteiger partial charge in [-0.2, -0.15) is 5.10 Å². The highest BCUT2D eigenvalue weighted by Crippen LogP contribution is 2.26. The molecular formula is C17H20N4. The van der Waals surface area contributed by atoms with E-state index in [1.807, 2.05) is 10.7 Å². The largest absolute Gasteiger partial charge is 0.326 e. The second-order valence-electron chi connectivity index (χ2n) is 5.06. The van der Waals surface area contributed by atoms with Crippen LogP contribution in [0, 0.1) is 0 Å². The van der Waals surface area contributed by atoms with E-state index in [1.165, 1.54) is 10.8 Å². The van der Waals surface area contributed by atoms with E-state index in [0.717, 1.165) is 35.7 Å². The van der Waals surface area contributed by atoms with E-state index in [9.17, 15) is 0 Å². The Morgan fingerprint density at radius 1 is 1.00 bits per heavy atom. The van der Waals surface area contributed by atoms with Gasteiger partial charge in [0.2, 0.25) is 0 Å². The number of aromatic nitrogens is 3. The number of benzene rings is 2. The quantitative estimate of drug-likeness (QED) is 0.799. The molecule has 3 rings (SSSR count). The molecule has 0 amide bonds. The predicted octanol–water partition coefficient (Wildman–Crippen LogP) is 3.00. The van der Waals surface area contributed by atoms with Gasteiger partial charge in [-0.25, -0.2) is 9.67 Å². The molecule has 0 saturated carbocycles. The molecule has 4 nitrogen and oxygen atoms in total. The molecule has 0 aliphatic rings. The monoisotopic (exact) mass is 280 g/mol. The molecule has 2 aromatic carbocycles. The van der Waals surface area contributed by atoms with Crippen molar-refractivity contribution in [3.05, 3.63) is 53.6 Å². The maximum atomic E-state index is 5.85. The zero-order valence-electron chi connectivity index (χ0n) is 12.5. The molecule has 0 radical (unpaired) electrons. The Labute approximate surface area is 124 Å². The van der Waals surface area contributed by atoms with E-state index >= 15 is 0 Å². The van der Waals surface area contributed by atoms with Gasteiger partial charge in [0.1, 0.15) is 5.82 Å². The van der Waals surface area contributed by atoms with Crippen molar-refractivity contribution in [2.75, 3.05) is 0 Å². The molecule has 0 bridgehead atoms. The van der Waals surface area contributed by atoms with E-state index in [0.29, 0.717) is 6.54 Å². The Morgan fingerprint density at radius 3 is 2.43 bits per heavy atom. The zero-order chi connectivity index (χ0) is 14.8. The molecule has 2 N–H and O–H groups in total. The lowest BCUT2D eigenvalue weighted by Crippen LogP contribution is -2.05. The molecule has 0 saturated heterocycles. The van der Waals surface area contributed by atoms with Gasteiger partial charge in [0, 0.05) is 24.8 Å². The van der Waals surface area contributed by atoms with Gasteiger partial charge in [-0.15, -0.1) is 0 Å². The minimum absolute atomic E-state index is 0.541. The van der Waals surface area contributed by atoms with E-state index in [-0.39, 0.29) is 0 Å². The number of nitrogens with zero attached hydrogens (tertiary/aromatic N) is 3. The second-order valence-corrected chi connectivity index (χ2v) is 5.06. The first-order valence-electron chi connectivity index (χ1n) is 7.44. The Kier molecular flexibility index (Phi) is 3.71. The van der Waals surface area contributed by atoms with E-state index in [4.69, 9.17) is 5.73 Å². The maximum Gasteiger partial charge on any atom is 0.151 e. The smallest absolute Gasteiger partial charge is 0.151 e. The van der Waals surface area contributed by atoms with Crippen LogP contribution in [0.1, 0.15) is 31.1 Å². The van der Waals surface area contributed by atoms with Crippen molar-refractivity contribution < 1.29 is 0 Å². The molecule has 0 fully saturated rings. The molecule has 1 heterocycles.